The Morgan fingerprint density at radius 3 is 2.45 bits per heavy atom. The van der Waals surface area contributed by atoms with Crippen LogP contribution in [0.4, 0.5) is 11.4 Å². The summed E-state index contributed by atoms with van der Waals surface area (Å²) in [5.41, 5.74) is 2.33. The quantitative estimate of drug-likeness (QED) is 0.545. The molecule has 9 heteroatoms. The van der Waals surface area contributed by atoms with Crippen molar-refractivity contribution >= 4 is 34.8 Å². The number of piperazine rings is 1. The molecule has 8 nitrogen and oxygen atoms in total. The van der Waals surface area contributed by atoms with Crippen LogP contribution in [0.25, 0.3) is 0 Å². The SMILES string of the molecule is Cc1ccccc1CC(=O)N1CCN(C(C)C(=O)Nc2ccc([N+](=O)[O-])cc2Cl)CC1. The summed E-state index contributed by atoms with van der Waals surface area (Å²) in [5.74, 6) is -0.167. The first-order valence-electron chi connectivity index (χ1n) is 10.1. The van der Waals surface area contributed by atoms with Gasteiger partial charge in [0.25, 0.3) is 5.69 Å². The average Bonchev–Trinajstić information content (AvgIpc) is 2.76. The van der Waals surface area contributed by atoms with Crippen molar-refractivity contribution in [3.05, 3.63) is 68.7 Å². The Bertz CT molecular complexity index is 989. The van der Waals surface area contributed by atoms with E-state index >= 15 is 0 Å². The van der Waals surface area contributed by atoms with Gasteiger partial charge in [0, 0.05) is 38.3 Å². The summed E-state index contributed by atoms with van der Waals surface area (Å²) < 4.78 is 0. The van der Waals surface area contributed by atoms with Crippen LogP contribution in [0, 0.1) is 17.0 Å². The standard InChI is InChI=1S/C22H25ClN4O4/c1-15-5-3-4-6-17(15)13-21(28)26-11-9-25(10-12-26)16(2)22(29)24-20-8-7-18(27(30)31)14-19(20)23/h3-8,14,16H,9-13H2,1-2H3,(H,24,29). The Labute approximate surface area is 185 Å². The fourth-order valence-corrected chi connectivity index (χ4v) is 3.79. The van der Waals surface area contributed by atoms with E-state index in [1.54, 1.807) is 6.92 Å². The molecule has 0 aliphatic carbocycles. The third kappa shape index (κ3) is 5.59. The number of carbonyl (C=O) groups is 2. The van der Waals surface area contributed by atoms with Crippen molar-refractivity contribution in [1.82, 2.24) is 9.80 Å². The van der Waals surface area contributed by atoms with Gasteiger partial charge in [-0.05, 0) is 31.0 Å². The van der Waals surface area contributed by atoms with Gasteiger partial charge in [-0.2, -0.15) is 0 Å². The lowest BCUT2D eigenvalue weighted by Gasteiger charge is -2.37. The molecule has 2 aromatic carbocycles. The number of nitrogens with zero attached hydrogens (tertiary/aromatic N) is 3. The van der Waals surface area contributed by atoms with Crippen molar-refractivity contribution in [2.24, 2.45) is 0 Å². The highest BCUT2D eigenvalue weighted by atomic mass is 35.5. The van der Waals surface area contributed by atoms with Crippen molar-refractivity contribution in [2.75, 3.05) is 31.5 Å². The number of nitrogens with one attached hydrogen (secondary N) is 1. The van der Waals surface area contributed by atoms with Crippen molar-refractivity contribution < 1.29 is 14.5 Å². The van der Waals surface area contributed by atoms with Gasteiger partial charge < -0.3 is 10.2 Å². The van der Waals surface area contributed by atoms with E-state index in [0.29, 0.717) is 38.3 Å². The van der Waals surface area contributed by atoms with Crippen molar-refractivity contribution in [3.63, 3.8) is 0 Å². The predicted octanol–water partition coefficient (Wildman–Crippen LogP) is 3.27. The Balaban J connectivity index is 1.53. The fourth-order valence-electron chi connectivity index (χ4n) is 3.56. The summed E-state index contributed by atoms with van der Waals surface area (Å²) in [7, 11) is 0. The number of non-ortho nitro benzene ring substituents is 1. The monoisotopic (exact) mass is 444 g/mol. The van der Waals surface area contributed by atoms with Crippen LogP contribution in [0.3, 0.4) is 0 Å². The van der Waals surface area contributed by atoms with Gasteiger partial charge in [0.15, 0.2) is 0 Å². The average molecular weight is 445 g/mol. The van der Waals surface area contributed by atoms with Gasteiger partial charge in [-0.3, -0.25) is 24.6 Å². The normalized spacial score (nSPS) is 15.4. The highest BCUT2D eigenvalue weighted by Crippen LogP contribution is 2.27. The number of nitro groups is 1. The van der Waals surface area contributed by atoms with Crippen LogP contribution in [-0.4, -0.2) is 58.8 Å². The third-order valence-corrected chi connectivity index (χ3v) is 5.93. The molecule has 1 heterocycles. The number of aryl methyl sites for hydroxylation is 1. The number of amides is 2. The molecule has 1 atom stereocenters. The zero-order chi connectivity index (χ0) is 22.5. The maximum atomic E-state index is 12.7. The number of hydrogen-bond acceptors (Lipinski definition) is 5. The van der Waals surface area contributed by atoms with E-state index in [2.05, 4.69) is 5.32 Å². The van der Waals surface area contributed by atoms with Gasteiger partial charge in [0.05, 0.1) is 28.1 Å². The molecule has 0 saturated carbocycles. The number of hydrogen-bond donors (Lipinski definition) is 1. The molecule has 2 amide bonds. The molecule has 0 radical (unpaired) electrons. The summed E-state index contributed by atoms with van der Waals surface area (Å²) in [6.45, 7) is 6.07. The summed E-state index contributed by atoms with van der Waals surface area (Å²) in [6, 6.07) is 11.4. The van der Waals surface area contributed by atoms with Gasteiger partial charge >= 0.3 is 0 Å². The number of rotatable bonds is 6. The molecule has 1 unspecified atom stereocenters. The Hall–Kier alpha value is -2.97. The smallest absolute Gasteiger partial charge is 0.271 e. The summed E-state index contributed by atoms with van der Waals surface area (Å²) >= 11 is 6.06. The highest BCUT2D eigenvalue weighted by molar-refractivity contribution is 6.34. The van der Waals surface area contributed by atoms with Crippen LogP contribution in [0.5, 0.6) is 0 Å². The molecule has 0 aromatic heterocycles. The van der Waals surface area contributed by atoms with Gasteiger partial charge in [-0.15, -0.1) is 0 Å². The number of benzene rings is 2. The second kappa shape index (κ2) is 9.89. The van der Waals surface area contributed by atoms with E-state index in [9.17, 15) is 19.7 Å². The molecule has 0 spiro atoms. The molecular formula is C22H25ClN4O4. The first-order valence-corrected chi connectivity index (χ1v) is 10.4. The molecule has 1 aliphatic heterocycles. The molecule has 3 rings (SSSR count). The zero-order valence-corrected chi connectivity index (χ0v) is 18.3. The van der Waals surface area contributed by atoms with E-state index in [-0.39, 0.29) is 22.5 Å². The van der Waals surface area contributed by atoms with Gasteiger partial charge in [0.1, 0.15) is 0 Å². The largest absolute Gasteiger partial charge is 0.340 e. The second-order valence-electron chi connectivity index (χ2n) is 7.61. The Morgan fingerprint density at radius 1 is 1.16 bits per heavy atom. The maximum absolute atomic E-state index is 12.7. The van der Waals surface area contributed by atoms with Crippen LogP contribution in [0.1, 0.15) is 18.1 Å². The van der Waals surface area contributed by atoms with Crippen molar-refractivity contribution in [2.45, 2.75) is 26.3 Å². The maximum Gasteiger partial charge on any atom is 0.271 e. The second-order valence-corrected chi connectivity index (χ2v) is 8.01. The van der Waals surface area contributed by atoms with Crippen LogP contribution in [-0.2, 0) is 16.0 Å². The highest BCUT2D eigenvalue weighted by Gasteiger charge is 2.28. The lowest BCUT2D eigenvalue weighted by Crippen LogP contribution is -2.54. The number of nitro benzene ring substituents is 1. The molecular weight excluding hydrogens is 420 g/mol. The Morgan fingerprint density at radius 2 is 1.84 bits per heavy atom. The molecule has 0 bridgehead atoms. The molecule has 1 saturated heterocycles. The number of anilines is 1. The van der Waals surface area contributed by atoms with Gasteiger partial charge in [-0.1, -0.05) is 35.9 Å². The lowest BCUT2D eigenvalue weighted by molar-refractivity contribution is -0.384. The first kappa shape index (κ1) is 22.7. The minimum absolute atomic E-state index is 0.0868. The molecule has 2 aromatic rings. The van der Waals surface area contributed by atoms with E-state index in [1.807, 2.05) is 41.0 Å². The number of carbonyl (C=O) groups excluding carboxylic acids is 2. The first-order chi connectivity index (χ1) is 14.8. The Kier molecular flexibility index (Phi) is 7.25. The molecule has 1 N–H and O–H groups in total. The van der Waals surface area contributed by atoms with Gasteiger partial charge in [0.2, 0.25) is 11.8 Å². The molecule has 31 heavy (non-hydrogen) atoms. The molecule has 164 valence electrons. The third-order valence-electron chi connectivity index (χ3n) is 5.62. The van der Waals surface area contributed by atoms with Crippen LogP contribution in [0.2, 0.25) is 5.02 Å². The minimum atomic E-state index is -0.542. The minimum Gasteiger partial charge on any atom is -0.340 e. The molecule has 1 fully saturated rings. The van der Waals surface area contributed by atoms with Crippen molar-refractivity contribution in [1.29, 1.82) is 0 Å². The van der Waals surface area contributed by atoms with Gasteiger partial charge in [-0.25, -0.2) is 0 Å². The topological polar surface area (TPSA) is 95.8 Å². The number of halogens is 1. The molecule has 1 aliphatic rings. The van der Waals surface area contributed by atoms with E-state index in [4.69, 9.17) is 11.6 Å². The van der Waals surface area contributed by atoms with E-state index in [1.165, 1.54) is 18.2 Å². The predicted molar refractivity (Wildman–Crippen MR) is 119 cm³/mol. The van der Waals surface area contributed by atoms with Crippen LogP contribution >= 0.6 is 11.6 Å². The zero-order valence-electron chi connectivity index (χ0n) is 17.5. The summed E-state index contributed by atoms with van der Waals surface area (Å²) in [4.78, 5) is 39.4. The van der Waals surface area contributed by atoms with Crippen LogP contribution < -0.4 is 5.32 Å². The fraction of sp³-hybridized carbons (Fsp3) is 0.364. The van der Waals surface area contributed by atoms with Crippen LogP contribution in [0.15, 0.2) is 42.5 Å². The van der Waals surface area contributed by atoms with E-state index in [0.717, 1.165) is 11.1 Å². The van der Waals surface area contributed by atoms with Crippen molar-refractivity contribution in [3.8, 4) is 0 Å². The summed E-state index contributed by atoms with van der Waals surface area (Å²) in [5, 5.41) is 13.7. The lowest BCUT2D eigenvalue weighted by atomic mass is 10.0. The summed E-state index contributed by atoms with van der Waals surface area (Å²) in [6.07, 6.45) is 0.376. The van der Waals surface area contributed by atoms with E-state index < -0.39 is 11.0 Å².